The van der Waals surface area contributed by atoms with Crippen molar-refractivity contribution in [2.24, 2.45) is 0 Å². The Bertz CT molecular complexity index is 672. The van der Waals surface area contributed by atoms with Crippen molar-refractivity contribution in [2.75, 3.05) is 12.4 Å². The first-order valence-electron chi connectivity index (χ1n) is 7.13. The molecule has 0 saturated heterocycles. The second-order valence-electron chi connectivity index (χ2n) is 5.21. The van der Waals surface area contributed by atoms with Crippen molar-refractivity contribution in [1.82, 2.24) is 5.32 Å². The first kappa shape index (κ1) is 16.7. The van der Waals surface area contributed by atoms with Crippen LogP contribution in [0.4, 0.5) is 19.3 Å². The number of carbonyl (C=O) groups excluding carboxylic acids is 1. The number of nitrogens with one attached hydrogen (secondary N) is 2. The number of benzene rings is 2. The molecule has 0 fully saturated rings. The van der Waals surface area contributed by atoms with Gasteiger partial charge in [0, 0.05) is 17.8 Å². The second-order valence-corrected chi connectivity index (χ2v) is 5.21. The molecule has 4 nitrogen and oxygen atoms in total. The monoisotopic (exact) mass is 320 g/mol. The molecular formula is C17H18F2N2O2. The van der Waals surface area contributed by atoms with E-state index in [9.17, 15) is 13.6 Å². The van der Waals surface area contributed by atoms with Gasteiger partial charge in [0.2, 0.25) is 0 Å². The van der Waals surface area contributed by atoms with Crippen LogP contribution >= 0.6 is 0 Å². The lowest BCUT2D eigenvalue weighted by molar-refractivity contribution is 0.249. The minimum atomic E-state index is -0.746. The molecule has 2 amide bonds. The summed E-state index contributed by atoms with van der Waals surface area (Å²) in [5.41, 5.74) is 1.07. The predicted octanol–water partition coefficient (Wildman–Crippen LogP) is 3.73. The zero-order valence-electron chi connectivity index (χ0n) is 12.9. The van der Waals surface area contributed by atoms with Crippen molar-refractivity contribution in [3.8, 4) is 5.75 Å². The highest BCUT2D eigenvalue weighted by Crippen LogP contribution is 2.15. The Morgan fingerprint density at radius 3 is 2.52 bits per heavy atom. The lowest BCUT2D eigenvalue weighted by atomic mass is 10.1. The minimum Gasteiger partial charge on any atom is -0.497 e. The Hall–Kier alpha value is -2.63. The molecule has 2 rings (SSSR count). The number of methoxy groups -OCH3 is 1. The number of anilines is 1. The molecule has 23 heavy (non-hydrogen) atoms. The average molecular weight is 320 g/mol. The second kappa shape index (κ2) is 7.58. The van der Waals surface area contributed by atoms with Gasteiger partial charge in [-0.05, 0) is 43.2 Å². The zero-order chi connectivity index (χ0) is 16.8. The van der Waals surface area contributed by atoms with E-state index < -0.39 is 17.7 Å². The maximum absolute atomic E-state index is 13.1. The molecule has 0 bridgehead atoms. The molecule has 0 aromatic heterocycles. The Balaban J connectivity index is 1.91. The number of halogens is 2. The maximum atomic E-state index is 13.1. The number of amides is 2. The van der Waals surface area contributed by atoms with E-state index in [2.05, 4.69) is 10.6 Å². The molecule has 0 aliphatic carbocycles. The maximum Gasteiger partial charge on any atom is 0.319 e. The SMILES string of the molecule is COc1cccc(CC(C)NC(=O)Nc2cc(F)cc(F)c2)c1. The van der Waals surface area contributed by atoms with Gasteiger partial charge in [0.05, 0.1) is 7.11 Å². The van der Waals surface area contributed by atoms with Crippen molar-refractivity contribution in [3.05, 3.63) is 59.7 Å². The van der Waals surface area contributed by atoms with E-state index >= 15 is 0 Å². The summed E-state index contributed by atoms with van der Waals surface area (Å²) in [7, 11) is 1.59. The van der Waals surface area contributed by atoms with Crippen LogP contribution in [0.5, 0.6) is 5.75 Å². The Labute approximate surface area is 133 Å². The summed E-state index contributed by atoms with van der Waals surface area (Å²) < 4.78 is 31.3. The van der Waals surface area contributed by atoms with Gasteiger partial charge in [0.1, 0.15) is 17.4 Å². The summed E-state index contributed by atoms with van der Waals surface area (Å²) in [4.78, 5) is 11.9. The van der Waals surface area contributed by atoms with Gasteiger partial charge < -0.3 is 15.4 Å². The molecular weight excluding hydrogens is 302 g/mol. The molecule has 1 unspecified atom stereocenters. The van der Waals surface area contributed by atoms with Crippen molar-refractivity contribution in [3.63, 3.8) is 0 Å². The van der Waals surface area contributed by atoms with Crippen LogP contribution < -0.4 is 15.4 Å². The summed E-state index contributed by atoms with van der Waals surface area (Å²) >= 11 is 0. The lowest BCUT2D eigenvalue weighted by Crippen LogP contribution is -2.37. The van der Waals surface area contributed by atoms with E-state index in [0.717, 1.165) is 29.5 Å². The van der Waals surface area contributed by atoms with Gasteiger partial charge in [-0.2, -0.15) is 0 Å². The highest BCUT2D eigenvalue weighted by molar-refractivity contribution is 5.89. The first-order valence-corrected chi connectivity index (χ1v) is 7.13. The number of urea groups is 1. The Morgan fingerprint density at radius 2 is 1.87 bits per heavy atom. The van der Waals surface area contributed by atoms with Crippen molar-refractivity contribution < 1.29 is 18.3 Å². The lowest BCUT2D eigenvalue weighted by Gasteiger charge is -2.15. The number of hydrogen-bond acceptors (Lipinski definition) is 2. The Kier molecular flexibility index (Phi) is 5.51. The fraction of sp³-hybridized carbons (Fsp3) is 0.235. The third kappa shape index (κ3) is 5.25. The highest BCUT2D eigenvalue weighted by atomic mass is 19.1. The van der Waals surface area contributed by atoms with E-state index in [1.807, 2.05) is 31.2 Å². The van der Waals surface area contributed by atoms with Crippen LogP contribution in [-0.4, -0.2) is 19.2 Å². The van der Waals surface area contributed by atoms with Crippen molar-refractivity contribution >= 4 is 11.7 Å². The molecule has 0 radical (unpaired) electrons. The van der Waals surface area contributed by atoms with E-state index in [0.29, 0.717) is 6.42 Å². The molecule has 0 saturated carbocycles. The van der Waals surface area contributed by atoms with Crippen LogP contribution in [0.25, 0.3) is 0 Å². The minimum absolute atomic E-state index is 0.0635. The molecule has 2 aromatic carbocycles. The van der Waals surface area contributed by atoms with Gasteiger partial charge in [-0.15, -0.1) is 0 Å². The zero-order valence-corrected chi connectivity index (χ0v) is 12.9. The van der Waals surface area contributed by atoms with Crippen LogP contribution in [-0.2, 0) is 6.42 Å². The predicted molar refractivity (Wildman–Crippen MR) is 84.7 cm³/mol. The summed E-state index contributed by atoms with van der Waals surface area (Å²) in [5, 5.41) is 5.13. The smallest absolute Gasteiger partial charge is 0.319 e. The summed E-state index contributed by atoms with van der Waals surface area (Å²) in [6.45, 7) is 1.84. The molecule has 0 spiro atoms. The summed E-state index contributed by atoms with van der Waals surface area (Å²) in [6, 6.07) is 9.69. The van der Waals surface area contributed by atoms with Gasteiger partial charge in [0.15, 0.2) is 0 Å². The van der Waals surface area contributed by atoms with Crippen LogP contribution in [0, 0.1) is 11.6 Å². The first-order chi connectivity index (χ1) is 11.0. The van der Waals surface area contributed by atoms with Crippen molar-refractivity contribution in [1.29, 1.82) is 0 Å². The highest BCUT2D eigenvalue weighted by Gasteiger charge is 2.10. The average Bonchev–Trinajstić information content (AvgIpc) is 2.45. The van der Waals surface area contributed by atoms with E-state index in [-0.39, 0.29) is 11.7 Å². The molecule has 0 aliphatic rings. The van der Waals surface area contributed by atoms with Gasteiger partial charge >= 0.3 is 6.03 Å². The van der Waals surface area contributed by atoms with Gasteiger partial charge in [-0.25, -0.2) is 13.6 Å². The van der Waals surface area contributed by atoms with Crippen molar-refractivity contribution in [2.45, 2.75) is 19.4 Å². The van der Waals surface area contributed by atoms with Gasteiger partial charge in [-0.1, -0.05) is 12.1 Å². The Morgan fingerprint density at radius 1 is 1.17 bits per heavy atom. The van der Waals surface area contributed by atoms with E-state index in [1.54, 1.807) is 7.11 Å². The van der Waals surface area contributed by atoms with Crippen LogP contribution in [0.2, 0.25) is 0 Å². The number of hydrogen-bond donors (Lipinski definition) is 2. The quantitative estimate of drug-likeness (QED) is 0.882. The topological polar surface area (TPSA) is 50.4 Å². The van der Waals surface area contributed by atoms with Crippen LogP contribution in [0.15, 0.2) is 42.5 Å². The molecule has 1 atom stereocenters. The van der Waals surface area contributed by atoms with Crippen LogP contribution in [0.1, 0.15) is 12.5 Å². The molecule has 2 N–H and O–H groups in total. The van der Waals surface area contributed by atoms with Crippen LogP contribution in [0.3, 0.4) is 0 Å². The molecule has 122 valence electrons. The van der Waals surface area contributed by atoms with Gasteiger partial charge in [0.25, 0.3) is 0 Å². The number of rotatable bonds is 5. The fourth-order valence-corrected chi connectivity index (χ4v) is 2.22. The third-order valence-electron chi connectivity index (χ3n) is 3.17. The number of ether oxygens (including phenoxy) is 1. The fourth-order valence-electron chi connectivity index (χ4n) is 2.22. The summed E-state index contributed by atoms with van der Waals surface area (Å²) in [6.07, 6.45) is 0.599. The third-order valence-corrected chi connectivity index (χ3v) is 3.17. The normalized spacial score (nSPS) is 11.7. The van der Waals surface area contributed by atoms with Gasteiger partial charge in [-0.3, -0.25) is 0 Å². The van der Waals surface area contributed by atoms with E-state index in [4.69, 9.17) is 4.74 Å². The summed E-state index contributed by atoms with van der Waals surface area (Å²) in [5.74, 6) is -0.746. The van der Waals surface area contributed by atoms with E-state index in [1.165, 1.54) is 0 Å². The largest absolute Gasteiger partial charge is 0.497 e. The molecule has 0 heterocycles. The molecule has 2 aromatic rings. The number of carbonyl (C=O) groups is 1. The molecule has 6 heteroatoms. The molecule has 0 aliphatic heterocycles. The standard InChI is InChI=1S/C17H18F2N2O2/c1-11(6-12-4-3-5-16(7-12)23-2)20-17(22)21-15-9-13(18)8-14(19)10-15/h3-5,7-11H,6H2,1-2H3,(H2,20,21,22).